The first-order valence-corrected chi connectivity index (χ1v) is 8.63. The molecule has 0 radical (unpaired) electrons. The third-order valence-corrected chi connectivity index (χ3v) is 3.89. The van der Waals surface area contributed by atoms with E-state index in [1.54, 1.807) is 18.2 Å². The number of anilines is 2. The Bertz CT molecular complexity index is 823. The Hall–Kier alpha value is -3.42. The number of carbonyl (C=O) groups is 2. The molecule has 142 valence electrons. The lowest BCUT2D eigenvalue weighted by molar-refractivity contribution is -0.384. The molecule has 8 heteroatoms. The lowest BCUT2D eigenvalue weighted by atomic mass is 10.1. The van der Waals surface area contributed by atoms with Crippen molar-refractivity contribution in [3.63, 3.8) is 0 Å². The summed E-state index contributed by atoms with van der Waals surface area (Å²) in [6.07, 6.45) is 0.880. The van der Waals surface area contributed by atoms with Crippen molar-refractivity contribution < 1.29 is 14.5 Å². The van der Waals surface area contributed by atoms with E-state index in [-0.39, 0.29) is 37.0 Å². The van der Waals surface area contributed by atoms with Gasteiger partial charge in [-0.1, -0.05) is 37.3 Å². The average Bonchev–Trinajstić information content (AvgIpc) is 2.67. The van der Waals surface area contributed by atoms with Gasteiger partial charge in [-0.05, 0) is 24.1 Å². The number of carbonyl (C=O) groups excluding carboxylic acids is 2. The van der Waals surface area contributed by atoms with Gasteiger partial charge in [0.15, 0.2) is 0 Å². The SMILES string of the molecule is CCc1ccccc1NC(=O)CNC(=O)CCNc1ccccc1[N+](=O)[O-]. The van der Waals surface area contributed by atoms with Crippen LogP contribution in [-0.4, -0.2) is 29.8 Å². The van der Waals surface area contributed by atoms with Gasteiger partial charge in [-0.25, -0.2) is 0 Å². The van der Waals surface area contributed by atoms with Gasteiger partial charge in [-0.3, -0.25) is 19.7 Å². The molecular weight excluding hydrogens is 348 g/mol. The first kappa shape index (κ1) is 19.9. The summed E-state index contributed by atoms with van der Waals surface area (Å²) in [6, 6.07) is 13.7. The first-order chi connectivity index (χ1) is 13.0. The fourth-order valence-electron chi connectivity index (χ4n) is 2.51. The van der Waals surface area contributed by atoms with Crippen LogP contribution in [0.25, 0.3) is 0 Å². The van der Waals surface area contributed by atoms with E-state index >= 15 is 0 Å². The number of rotatable bonds is 9. The number of nitrogens with zero attached hydrogens (tertiary/aromatic N) is 1. The fourth-order valence-corrected chi connectivity index (χ4v) is 2.51. The van der Waals surface area contributed by atoms with Crippen LogP contribution in [0.15, 0.2) is 48.5 Å². The Kier molecular flexibility index (Phi) is 7.30. The van der Waals surface area contributed by atoms with Crippen LogP contribution in [0.5, 0.6) is 0 Å². The molecule has 2 aromatic rings. The normalized spacial score (nSPS) is 10.1. The maximum atomic E-state index is 12.0. The zero-order valence-electron chi connectivity index (χ0n) is 15.0. The second-order valence-corrected chi connectivity index (χ2v) is 5.79. The molecule has 0 unspecified atom stereocenters. The van der Waals surface area contributed by atoms with Crippen LogP contribution >= 0.6 is 0 Å². The molecule has 0 saturated carbocycles. The standard InChI is InChI=1S/C19H22N4O4/c1-2-14-7-3-4-8-15(14)22-19(25)13-21-18(24)11-12-20-16-9-5-6-10-17(16)23(26)27/h3-10,20H,2,11-13H2,1H3,(H,21,24)(H,22,25). The summed E-state index contributed by atoms with van der Waals surface area (Å²) < 4.78 is 0. The maximum absolute atomic E-state index is 12.0. The van der Waals surface area contributed by atoms with Crippen LogP contribution in [-0.2, 0) is 16.0 Å². The van der Waals surface area contributed by atoms with Gasteiger partial charge in [0.05, 0.1) is 11.5 Å². The van der Waals surface area contributed by atoms with E-state index in [0.29, 0.717) is 5.69 Å². The van der Waals surface area contributed by atoms with Crippen molar-refractivity contribution in [2.75, 3.05) is 23.7 Å². The molecule has 0 aliphatic heterocycles. The molecule has 0 aromatic heterocycles. The highest BCUT2D eigenvalue weighted by molar-refractivity contribution is 5.95. The molecule has 3 N–H and O–H groups in total. The number of hydrogen-bond donors (Lipinski definition) is 3. The van der Waals surface area contributed by atoms with Crippen LogP contribution in [0.4, 0.5) is 17.1 Å². The molecule has 0 aliphatic carbocycles. The molecule has 0 fully saturated rings. The number of benzene rings is 2. The molecule has 0 atom stereocenters. The number of amides is 2. The summed E-state index contributed by atoms with van der Waals surface area (Å²) in [5.41, 5.74) is 2.05. The summed E-state index contributed by atoms with van der Waals surface area (Å²) in [7, 11) is 0. The van der Waals surface area contributed by atoms with Gasteiger partial charge in [-0.15, -0.1) is 0 Å². The highest BCUT2D eigenvalue weighted by Crippen LogP contribution is 2.22. The second-order valence-electron chi connectivity index (χ2n) is 5.79. The predicted molar refractivity (Wildman–Crippen MR) is 104 cm³/mol. The van der Waals surface area contributed by atoms with Gasteiger partial charge < -0.3 is 16.0 Å². The first-order valence-electron chi connectivity index (χ1n) is 8.63. The highest BCUT2D eigenvalue weighted by Gasteiger charge is 2.12. The molecule has 0 aliphatic rings. The minimum Gasteiger partial charge on any atom is -0.379 e. The zero-order chi connectivity index (χ0) is 19.6. The minimum atomic E-state index is -0.485. The van der Waals surface area contributed by atoms with Crippen LogP contribution < -0.4 is 16.0 Å². The molecule has 2 rings (SSSR count). The Balaban J connectivity index is 1.75. The quantitative estimate of drug-likeness (QED) is 0.464. The van der Waals surface area contributed by atoms with Gasteiger partial charge in [0.25, 0.3) is 5.69 Å². The van der Waals surface area contributed by atoms with Gasteiger partial charge in [0.2, 0.25) is 11.8 Å². The number of nitrogens with one attached hydrogen (secondary N) is 3. The van der Waals surface area contributed by atoms with Crippen LogP contribution in [0.1, 0.15) is 18.9 Å². The number of nitro groups is 1. The molecule has 2 aromatic carbocycles. The second kappa shape index (κ2) is 9.91. The van der Waals surface area contributed by atoms with E-state index in [9.17, 15) is 19.7 Å². The summed E-state index contributed by atoms with van der Waals surface area (Å²) in [5, 5.41) is 19.1. The number of para-hydroxylation sites is 3. The van der Waals surface area contributed by atoms with Crippen molar-refractivity contribution in [1.29, 1.82) is 0 Å². The van der Waals surface area contributed by atoms with Crippen molar-refractivity contribution in [3.8, 4) is 0 Å². The van der Waals surface area contributed by atoms with E-state index in [1.165, 1.54) is 6.07 Å². The van der Waals surface area contributed by atoms with Crippen molar-refractivity contribution in [1.82, 2.24) is 5.32 Å². The van der Waals surface area contributed by atoms with E-state index in [0.717, 1.165) is 17.7 Å². The fraction of sp³-hybridized carbons (Fsp3) is 0.263. The van der Waals surface area contributed by atoms with E-state index < -0.39 is 4.92 Å². The Morgan fingerprint density at radius 2 is 1.67 bits per heavy atom. The van der Waals surface area contributed by atoms with Crippen molar-refractivity contribution in [3.05, 3.63) is 64.2 Å². The Labute approximate surface area is 157 Å². The van der Waals surface area contributed by atoms with Crippen LogP contribution in [0.3, 0.4) is 0 Å². The zero-order valence-corrected chi connectivity index (χ0v) is 15.0. The Morgan fingerprint density at radius 1 is 1.00 bits per heavy atom. The lowest BCUT2D eigenvalue weighted by Gasteiger charge is -2.11. The molecule has 2 amide bonds. The largest absolute Gasteiger partial charge is 0.379 e. The predicted octanol–water partition coefficient (Wildman–Crippen LogP) is 2.71. The molecule has 0 heterocycles. The van der Waals surface area contributed by atoms with Gasteiger partial charge in [0.1, 0.15) is 5.69 Å². The lowest BCUT2D eigenvalue weighted by Crippen LogP contribution is -2.33. The number of aryl methyl sites for hydroxylation is 1. The van der Waals surface area contributed by atoms with Crippen LogP contribution in [0, 0.1) is 10.1 Å². The summed E-state index contributed by atoms with van der Waals surface area (Å²) >= 11 is 0. The third kappa shape index (κ3) is 6.10. The maximum Gasteiger partial charge on any atom is 0.292 e. The van der Waals surface area contributed by atoms with Gasteiger partial charge in [0, 0.05) is 24.7 Å². The Morgan fingerprint density at radius 3 is 2.37 bits per heavy atom. The van der Waals surface area contributed by atoms with Crippen LogP contribution in [0.2, 0.25) is 0 Å². The monoisotopic (exact) mass is 370 g/mol. The van der Waals surface area contributed by atoms with Crippen molar-refractivity contribution in [2.45, 2.75) is 19.8 Å². The van der Waals surface area contributed by atoms with E-state index in [4.69, 9.17) is 0 Å². The highest BCUT2D eigenvalue weighted by atomic mass is 16.6. The smallest absolute Gasteiger partial charge is 0.292 e. The van der Waals surface area contributed by atoms with Crippen molar-refractivity contribution >= 4 is 28.9 Å². The van der Waals surface area contributed by atoms with Gasteiger partial charge in [-0.2, -0.15) is 0 Å². The molecule has 0 saturated heterocycles. The molecule has 27 heavy (non-hydrogen) atoms. The summed E-state index contributed by atoms with van der Waals surface area (Å²) in [6.45, 7) is 2.08. The topological polar surface area (TPSA) is 113 Å². The summed E-state index contributed by atoms with van der Waals surface area (Å²) in [4.78, 5) is 34.3. The molecule has 0 spiro atoms. The third-order valence-electron chi connectivity index (χ3n) is 3.89. The molecule has 8 nitrogen and oxygen atoms in total. The number of hydrogen-bond acceptors (Lipinski definition) is 5. The van der Waals surface area contributed by atoms with Crippen molar-refractivity contribution in [2.24, 2.45) is 0 Å². The number of nitro benzene ring substituents is 1. The average molecular weight is 370 g/mol. The molecular formula is C19H22N4O4. The molecule has 0 bridgehead atoms. The van der Waals surface area contributed by atoms with E-state index in [1.807, 2.05) is 31.2 Å². The van der Waals surface area contributed by atoms with Gasteiger partial charge >= 0.3 is 0 Å². The summed E-state index contributed by atoms with van der Waals surface area (Å²) in [5.74, 6) is -0.629. The minimum absolute atomic E-state index is 0.0492. The van der Waals surface area contributed by atoms with E-state index in [2.05, 4.69) is 16.0 Å².